The molecule has 0 saturated carbocycles. The van der Waals surface area contributed by atoms with Crippen molar-refractivity contribution in [1.29, 1.82) is 0 Å². The second-order valence-electron chi connectivity index (χ2n) is 8.69. The molecule has 2 atom stereocenters. The van der Waals surface area contributed by atoms with E-state index < -0.39 is 0 Å². The summed E-state index contributed by atoms with van der Waals surface area (Å²) in [5.41, 5.74) is 2.06. The van der Waals surface area contributed by atoms with Gasteiger partial charge in [-0.3, -0.25) is 14.6 Å². The van der Waals surface area contributed by atoms with E-state index in [4.69, 9.17) is 4.74 Å². The molecule has 1 aromatic heterocycles. The first-order valence-corrected chi connectivity index (χ1v) is 11.5. The molecule has 2 aliphatic rings. The van der Waals surface area contributed by atoms with Crippen LogP contribution in [0.2, 0.25) is 0 Å². The molecule has 7 nitrogen and oxygen atoms in total. The molecule has 0 spiro atoms. The number of amides is 2. The van der Waals surface area contributed by atoms with Crippen LogP contribution in [-0.2, 0) is 22.7 Å². The normalized spacial score (nSPS) is 21.9. The van der Waals surface area contributed by atoms with Gasteiger partial charge in [-0.05, 0) is 48.8 Å². The van der Waals surface area contributed by atoms with Gasteiger partial charge in [-0.1, -0.05) is 24.3 Å². The molecule has 4 rings (SSSR count). The molecular weight excluding hydrogens is 404 g/mol. The maximum Gasteiger partial charge on any atom is 0.236 e. The average Bonchev–Trinajstić information content (AvgIpc) is 2.83. The van der Waals surface area contributed by atoms with Gasteiger partial charge in [0, 0.05) is 50.6 Å². The van der Waals surface area contributed by atoms with E-state index in [1.807, 2.05) is 41.3 Å². The number of ether oxygens (including phenoxy) is 1. The van der Waals surface area contributed by atoms with Crippen LogP contribution in [0.5, 0.6) is 5.75 Å². The van der Waals surface area contributed by atoms with E-state index in [2.05, 4.69) is 15.6 Å². The first-order chi connectivity index (χ1) is 15.7. The van der Waals surface area contributed by atoms with Gasteiger partial charge in [0.2, 0.25) is 11.8 Å². The topological polar surface area (TPSA) is 83.6 Å². The Kier molecular flexibility index (Phi) is 7.72. The number of carbonyl (C=O) groups is 2. The number of nitrogens with one attached hydrogen (secondary N) is 2. The molecule has 2 aliphatic heterocycles. The van der Waals surface area contributed by atoms with Crippen LogP contribution in [-0.4, -0.2) is 47.9 Å². The van der Waals surface area contributed by atoms with Crippen molar-refractivity contribution >= 4 is 11.8 Å². The highest BCUT2D eigenvalue weighted by Gasteiger charge is 2.32. The van der Waals surface area contributed by atoms with Crippen molar-refractivity contribution < 1.29 is 14.3 Å². The van der Waals surface area contributed by atoms with Crippen molar-refractivity contribution in [3.8, 4) is 5.75 Å². The predicted molar refractivity (Wildman–Crippen MR) is 122 cm³/mol. The number of fused-ring (bicyclic) bond motifs is 3. The molecular formula is C25H32N4O3. The third kappa shape index (κ3) is 6.07. The number of rotatable bonds is 4. The molecule has 0 unspecified atom stereocenters. The Morgan fingerprint density at radius 2 is 2.09 bits per heavy atom. The molecule has 2 amide bonds. The van der Waals surface area contributed by atoms with E-state index >= 15 is 0 Å². The summed E-state index contributed by atoms with van der Waals surface area (Å²) in [6.07, 6.45) is 6.70. The molecule has 7 heteroatoms. The first kappa shape index (κ1) is 22.3. The number of aromatic nitrogens is 1. The summed E-state index contributed by atoms with van der Waals surface area (Å²) < 4.78 is 6.05. The Morgan fingerprint density at radius 3 is 2.97 bits per heavy atom. The number of piperidine rings is 1. The maximum atomic E-state index is 12.8. The van der Waals surface area contributed by atoms with Crippen LogP contribution < -0.4 is 15.4 Å². The van der Waals surface area contributed by atoms with Crippen molar-refractivity contribution in [1.82, 2.24) is 20.5 Å². The van der Waals surface area contributed by atoms with E-state index in [-0.39, 0.29) is 17.7 Å². The number of carbonyl (C=O) groups excluding carboxylic acids is 2. The molecule has 1 fully saturated rings. The fraction of sp³-hybridized carbons (Fsp3) is 0.480. The Labute approximate surface area is 189 Å². The SMILES string of the molecule is O=C(C[C@@H]1CCN2C[C@@H]1CCCOc1ccccc1CNCC2=O)NCc1cccnc1. The summed E-state index contributed by atoms with van der Waals surface area (Å²) in [5, 5.41) is 6.29. The minimum Gasteiger partial charge on any atom is -0.493 e. The number of hydrogen-bond donors (Lipinski definition) is 2. The largest absolute Gasteiger partial charge is 0.493 e. The number of para-hydroxylation sites is 1. The Morgan fingerprint density at radius 1 is 1.19 bits per heavy atom. The third-order valence-electron chi connectivity index (χ3n) is 6.45. The Bertz CT molecular complexity index is 905. The van der Waals surface area contributed by atoms with Crippen molar-refractivity contribution in [2.24, 2.45) is 11.8 Å². The summed E-state index contributed by atoms with van der Waals surface area (Å²) >= 11 is 0. The standard InChI is InChI=1S/C25H32N4O3/c30-24(28-15-19-5-3-10-26-14-19)13-20-9-11-29-18-22(20)7-4-12-32-23-8-2-1-6-21(23)16-27-17-25(29)31/h1-3,5-6,8,10,14,20,22,27H,4,7,9,11-13,15-18H2,(H,28,30)/t20-,22-/m0/s1. The van der Waals surface area contributed by atoms with Gasteiger partial charge in [0.15, 0.2) is 0 Å². The summed E-state index contributed by atoms with van der Waals surface area (Å²) in [6, 6.07) is 11.8. The Balaban J connectivity index is 1.36. The zero-order valence-electron chi connectivity index (χ0n) is 18.5. The lowest BCUT2D eigenvalue weighted by Crippen LogP contribution is -2.47. The van der Waals surface area contributed by atoms with Gasteiger partial charge in [-0.2, -0.15) is 0 Å². The number of benzene rings is 1. The minimum absolute atomic E-state index is 0.0633. The fourth-order valence-corrected chi connectivity index (χ4v) is 4.65. The molecule has 1 aromatic carbocycles. The van der Waals surface area contributed by atoms with Gasteiger partial charge < -0.3 is 20.3 Å². The molecule has 1 saturated heterocycles. The van der Waals surface area contributed by atoms with Gasteiger partial charge in [0.25, 0.3) is 0 Å². The van der Waals surface area contributed by atoms with Crippen LogP contribution in [0.15, 0.2) is 48.8 Å². The van der Waals surface area contributed by atoms with Gasteiger partial charge in [0.05, 0.1) is 13.2 Å². The highest BCUT2D eigenvalue weighted by Crippen LogP contribution is 2.30. The lowest BCUT2D eigenvalue weighted by atomic mass is 9.80. The average molecular weight is 437 g/mol. The van der Waals surface area contributed by atoms with Gasteiger partial charge in [0.1, 0.15) is 5.75 Å². The predicted octanol–water partition coefficient (Wildman–Crippen LogP) is 2.52. The van der Waals surface area contributed by atoms with Crippen LogP contribution >= 0.6 is 0 Å². The molecule has 3 heterocycles. The first-order valence-electron chi connectivity index (χ1n) is 11.5. The summed E-state index contributed by atoms with van der Waals surface area (Å²) in [7, 11) is 0. The van der Waals surface area contributed by atoms with E-state index in [0.29, 0.717) is 51.7 Å². The number of pyridine rings is 1. The minimum atomic E-state index is 0.0633. The molecule has 2 bridgehead atoms. The Hall–Kier alpha value is -2.93. The smallest absolute Gasteiger partial charge is 0.236 e. The van der Waals surface area contributed by atoms with E-state index in [9.17, 15) is 9.59 Å². The van der Waals surface area contributed by atoms with Crippen LogP contribution in [0.4, 0.5) is 0 Å². The fourth-order valence-electron chi connectivity index (χ4n) is 4.65. The van der Waals surface area contributed by atoms with Crippen LogP contribution in [0.1, 0.15) is 36.8 Å². The van der Waals surface area contributed by atoms with Gasteiger partial charge in [-0.25, -0.2) is 0 Å². The second-order valence-corrected chi connectivity index (χ2v) is 8.69. The van der Waals surface area contributed by atoms with Crippen LogP contribution in [0.3, 0.4) is 0 Å². The third-order valence-corrected chi connectivity index (χ3v) is 6.45. The van der Waals surface area contributed by atoms with Gasteiger partial charge >= 0.3 is 0 Å². The highest BCUT2D eigenvalue weighted by atomic mass is 16.5. The van der Waals surface area contributed by atoms with Crippen molar-refractivity contribution in [2.45, 2.75) is 38.8 Å². The molecule has 0 aliphatic carbocycles. The van der Waals surface area contributed by atoms with Crippen molar-refractivity contribution in [3.05, 3.63) is 59.9 Å². The highest BCUT2D eigenvalue weighted by molar-refractivity contribution is 5.78. The summed E-state index contributed by atoms with van der Waals surface area (Å²) in [4.78, 5) is 31.5. The molecule has 2 aromatic rings. The summed E-state index contributed by atoms with van der Waals surface area (Å²) in [5.74, 6) is 1.65. The molecule has 2 N–H and O–H groups in total. The van der Waals surface area contributed by atoms with Crippen LogP contribution in [0, 0.1) is 11.8 Å². The maximum absolute atomic E-state index is 12.8. The monoisotopic (exact) mass is 436 g/mol. The molecule has 32 heavy (non-hydrogen) atoms. The zero-order chi connectivity index (χ0) is 22.2. The molecule has 0 radical (unpaired) electrons. The van der Waals surface area contributed by atoms with Crippen molar-refractivity contribution in [2.75, 3.05) is 26.2 Å². The quantitative estimate of drug-likeness (QED) is 0.770. The van der Waals surface area contributed by atoms with E-state index in [1.165, 1.54) is 0 Å². The van der Waals surface area contributed by atoms with Gasteiger partial charge in [-0.15, -0.1) is 0 Å². The van der Waals surface area contributed by atoms with E-state index in [0.717, 1.165) is 36.1 Å². The second kappa shape index (κ2) is 11.1. The lowest BCUT2D eigenvalue weighted by molar-refractivity contribution is -0.133. The molecule has 170 valence electrons. The zero-order valence-corrected chi connectivity index (χ0v) is 18.5. The number of hydrogen-bond acceptors (Lipinski definition) is 5. The number of nitrogens with zero attached hydrogens (tertiary/aromatic N) is 2. The van der Waals surface area contributed by atoms with E-state index in [1.54, 1.807) is 12.4 Å². The summed E-state index contributed by atoms with van der Waals surface area (Å²) in [6.45, 7) is 3.49. The van der Waals surface area contributed by atoms with Crippen molar-refractivity contribution in [3.63, 3.8) is 0 Å². The van der Waals surface area contributed by atoms with Crippen LogP contribution in [0.25, 0.3) is 0 Å². The lowest BCUT2D eigenvalue weighted by Gasteiger charge is -2.38.